The van der Waals surface area contributed by atoms with E-state index in [1.165, 1.54) is 0 Å². The van der Waals surface area contributed by atoms with Crippen LogP contribution in [-0.2, 0) is 11.2 Å². The summed E-state index contributed by atoms with van der Waals surface area (Å²) in [5, 5.41) is 3.93. The van der Waals surface area contributed by atoms with Gasteiger partial charge in [-0.15, -0.1) is 0 Å². The SMILES string of the molecule is O=C(NCCc1ccc(Cl)cc1)C(=O)c1cccn1-c1ccc(Cl)cc1. The molecule has 0 saturated carbocycles. The molecule has 6 heteroatoms. The number of carbonyl (C=O) groups is 2. The number of hydrogen-bond acceptors (Lipinski definition) is 2. The quantitative estimate of drug-likeness (QED) is 0.506. The first-order chi connectivity index (χ1) is 12.5. The zero-order chi connectivity index (χ0) is 18.5. The third kappa shape index (κ3) is 4.34. The molecule has 1 heterocycles. The number of amides is 1. The number of carbonyl (C=O) groups excluding carboxylic acids is 2. The van der Waals surface area contributed by atoms with Crippen molar-refractivity contribution in [2.24, 2.45) is 0 Å². The summed E-state index contributed by atoms with van der Waals surface area (Å²) in [6.45, 7) is 0.369. The Labute approximate surface area is 161 Å². The van der Waals surface area contributed by atoms with E-state index in [0.717, 1.165) is 11.3 Å². The van der Waals surface area contributed by atoms with Crippen molar-refractivity contribution in [3.63, 3.8) is 0 Å². The minimum Gasteiger partial charge on any atom is -0.349 e. The van der Waals surface area contributed by atoms with Crippen LogP contribution in [0.1, 0.15) is 16.1 Å². The average Bonchev–Trinajstić information content (AvgIpc) is 3.13. The van der Waals surface area contributed by atoms with Crippen LogP contribution < -0.4 is 5.32 Å². The minimum atomic E-state index is -0.632. The molecule has 0 aliphatic heterocycles. The first kappa shape index (κ1) is 18.2. The molecular formula is C20H16Cl2N2O2. The molecular weight excluding hydrogens is 371 g/mol. The van der Waals surface area contributed by atoms with Crippen LogP contribution in [0.5, 0.6) is 0 Å². The Balaban J connectivity index is 1.64. The summed E-state index contributed by atoms with van der Waals surface area (Å²) < 4.78 is 1.66. The van der Waals surface area contributed by atoms with Gasteiger partial charge in [-0.1, -0.05) is 35.3 Å². The maximum Gasteiger partial charge on any atom is 0.294 e. The lowest BCUT2D eigenvalue weighted by Crippen LogP contribution is -2.33. The molecule has 132 valence electrons. The van der Waals surface area contributed by atoms with Crippen molar-refractivity contribution in [1.29, 1.82) is 0 Å². The van der Waals surface area contributed by atoms with Crippen molar-refractivity contribution in [2.75, 3.05) is 6.54 Å². The normalized spacial score (nSPS) is 10.5. The van der Waals surface area contributed by atoms with Crippen LogP contribution in [0.3, 0.4) is 0 Å². The van der Waals surface area contributed by atoms with Crippen LogP contribution in [0.15, 0.2) is 66.9 Å². The Bertz CT molecular complexity index is 916. The highest BCUT2D eigenvalue weighted by molar-refractivity contribution is 6.42. The van der Waals surface area contributed by atoms with Gasteiger partial charge in [0.25, 0.3) is 11.7 Å². The molecule has 0 fully saturated rings. The molecule has 26 heavy (non-hydrogen) atoms. The number of nitrogens with zero attached hydrogens (tertiary/aromatic N) is 1. The molecule has 3 aromatic rings. The van der Waals surface area contributed by atoms with Crippen LogP contribution in [0.25, 0.3) is 5.69 Å². The van der Waals surface area contributed by atoms with E-state index in [-0.39, 0.29) is 0 Å². The number of halogens is 2. The molecule has 1 aromatic heterocycles. The first-order valence-electron chi connectivity index (χ1n) is 8.05. The second-order valence-electron chi connectivity index (χ2n) is 5.70. The summed E-state index contributed by atoms with van der Waals surface area (Å²) in [4.78, 5) is 24.7. The minimum absolute atomic E-state index is 0.302. The third-order valence-electron chi connectivity index (χ3n) is 3.90. The number of hydrogen-bond donors (Lipinski definition) is 1. The predicted molar refractivity (Wildman–Crippen MR) is 103 cm³/mol. The van der Waals surface area contributed by atoms with Crippen molar-refractivity contribution in [1.82, 2.24) is 9.88 Å². The van der Waals surface area contributed by atoms with Crippen molar-refractivity contribution in [3.8, 4) is 5.69 Å². The monoisotopic (exact) mass is 386 g/mol. The van der Waals surface area contributed by atoms with Crippen LogP contribution in [0.2, 0.25) is 10.0 Å². The third-order valence-corrected chi connectivity index (χ3v) is 4.41. The topological polar surface area (TPSA) is 51.1 Å². The second kappa shape index (κ2) is 8.21. The highest BCUT2D eigenvalue weighted by atomic mass is 35.5. The maximum atomic E-state index is 12.5. The summed E-state index contributed by atoms with van der Waals surface area (Å²) in [5.41, 5.74) is 2.10. The fourth-order valence-electron chi connectivity index (χ4n) is 2.56. The van der Waals surface area contributed by atoms with E-state index in [9.17, 15) is 9.59 Å². The van der Waals surface area contributed by atoms with Gasteiger partial charge in [0.1, 0.15) is 0 Å². The number of benzene rings is 2. The zero-order valence-electron chi connectivity index (χ0n) is 13.8. The summed E-state index contributed by atoms with van der Waals surface area (Å²) >= 11 is 11.7. The molecule has 0 radical (unpaired) electrons. The van der Waals surface area contributed by atoms with Crippen LogP contribution >= 0.6 is 23.2 Å². The van der Waals surface area contributed by atoms with Crippen molar-refractivity contribution < 1.29 is 9.59 Å². The van der Waals surface area contributed by atoms with Crippen molar-refractivity contribution in [2.45, 2.75) is 6.42 Å². The Hall–Kier alpha value is -2.56. The Morgan fingerprint density at radius 2 is 1.50 bits per heavy atom. The summed E-state index contributed by atoms with van der Waals surface area (Å²) in [5.74, 6) is -1.21. The van der Waals surface area contributed by atoms with E-state index in [2.05, 4.69) is 5.32 Å². The first-order valence-corrected chi connectivity index (χ1v) is 8.80. The Morgan fingerprint density at radius 3 is 2.15 bits per heavy atom. The van der Waals surface area contributed by atoms with Crippen molar-refractivity contribution >= 4 is 34.9 Å². The van der Waals surface area contributed by atoms with Gasteiger partial charge < -0.3 is 9.88 Å². The van der Waals surface area contributed by atoms with E-state index in [1.54, 1.807) is 59.3 Å². The number of aromatic nitrogens is 1. The number of nitrogens with one attached hydrogen (secondary N) is 1. The second-order valence-corrected chi connectivity index (χ2v) is 6.57. The van der Waals surface area contributed by atoms with E-state index in [1.807, 2.05) is 12.1 Å². The average molecular weight is 387 g/mol. The molecule has 0 spiro atoms. The standard InChI is InChI=1S/C20H16Cl2N2O2/c21-15-5-3-14(4-6-15)11-12-23-20(26)19(25)18-2-1-13-24(18)17-9-7-16(22)8-10-17/h1-10,13H,11-12H2,(H,23,26). The lowest BCUT2D eigenvalue weighted by molar-refractivity contribution is -0.117. The van der Waals surface area contributed by atoms with Gasteiger partial charge in [-0.3, -0.25) is 9.59 Å². The summed E-state index contributed by atoms with van der Waals surface area (Å²) in [6.07, 6.45) is 2.35. The summed E-state index contributed by atoms with van der Waals surface area (Å²) in [6, 6.07) is 17.8. The molecule has 1 N–H and O–H groups in total. The number of ketones is 1. The molecule has 0 aliphatic rings. The van der Waals surface area contributed by atoms with Crippen LogP contribution in [0.4, 0.5) is 0 Å². The molecule has 0 bridgehead atoms. The molecule has 4 nitrogen and oxygen atoms in total. The Morgan fingerprint density at radius 1 is 0.885 bits per heavy atom. The lowest BCUT2D eigenvalue weighted by Gasteiger charge is -2.09. The largest absolute Gasteiger partial charge is 0.349 e. The van der Waals surface area contributed by atoms with E-state index >= 15 is 0 Å². The molecule has 3 rings (SSSR count). The lowest BCUT2D eigenvalue weighted by atomic mass is 10.1. The van der Waals surface area contributed by atoms with Gasteiger partial charge in [0, 0.05) is 28.5 Å². The highest BCUT2D eigenvalue weighted by Crippen LogP contribution is 2.16. The molecule has 0 saturated heterocycles. The van der Waals surface area contributed by atoms with Gasteiger partial charge in [-0.05, 0) is 60.5 Å². The molecule has 0 unspecified atom stereocenters. The van der Waals surface area contributed by atoms with E-state index in [0.29, 0.717) is 28.7 Å². The molecule has 0 atom stereocenters. The smallest absolute Gasteiger partial charge is 0.294 e. The molecule has 1 amide bonds. The maximum absolute atomic E-state index is 12.5. The van der Waals surface area contributed by atoms with Gasteiger partial charge in [-0.2, -0.15) is 0 Å². The van der Waals surface area contributed by atoms with Gasteiger partial charge in [0.2, 0.25) is 0 Å². The predicted octanol–water partition coefficient (Wildman–Crippen LogP) is 4.33. The van der Waals surface area contributed by atoms with Crippen LogP contribution in [0, 0.1) is 0 Å². The number of Topliss-reactive ketones (excluding diaryl/α,β-unsaturated/α-hetero) is 1. The van der Waals surface area contributed by atoms with Gasteiger partial charge in [-0.25, -0.2) is 0 Å². The fourth-order valence-corrected chi connectivity index (χ4v) is 2.81. The fraction of sp³-hybridized carbons (Fsp3) is 0.100. The van der Waals surface area contributed by atoms with Gasteiger partial charge in [0.15, 0.2) is 0 Å². The van der Waals surface area contributed by atoms with Crippen molar-refractivity contribution in [3.05, 3.63) is 88.2 Å². The van der Waals surface area contributed by atoms with Gasteiger partial charge >= 0.3 is 0 Å². The Kier molecular flexibility index (Phi) is 5.76. The number of rotatable bonds is 6. The molecule has 0 aliphatic carbocycles. The zero-order valence-corrected chi connectivity index (χ0v) is 15.3. The summed E-state index contributed by atoms with van der Waals surface area (Å²) in [7, 11) is 0. The van der Waals surface area contributed by atoms with Gasteiger partial charge in [0.05, 0.1) is 5.69 Å². The highest BCUT2D eigenvalue weighted by Gasteiger charge is 2.19. The van der Waals surface area contributed by atoms with Crippen LogP contribution in [-0.4, -0.2) is 22.8 Å². The van der Waals surface area contributed by atoms with E-state index in [4.69, 9.17) is 23.2 Å². The molecule has 2 aromatic carbocycles. The van der Waals surface area contributed by atoms with E-state index < -0.39 is 11.7 Å².